The van der Waals surface area contributed by atoms with E-state index >= 15 is 0 Å². The molecule has 0 bridgehead atoms. The van der Waals surface area contributed by atoms with Gasteiger partial charge in [0.2, 0.25) is 0 Å². The lowest BCUT2D eigenvalue weighted by molar-refractivity contribution is -0.137. The second-order valence-electron chi connectivity index (χ2n) is 5.49. The molecule has 0 amide bonds. The third kappa shape index (κ3) is 3.53. The SMILES string of the molecule is Cn1c(-c2cccc(Oc3cccc(C(F)(F)F)c3)c2)ncc(O)c1=O. The van der Waals surface area contributed by atoms with Crippen LogP contribution < -0.4 is 10.3 Å². The number of aromatic nitrogens is 2. The summed E-state index contributed by atoms with van der Waals surface area (Å²) in [5, 5.41) is 9.40. The van der Waals surface area contributed by atoms with Gasteiger partial charge in [0.15, 0.2) is 5.75 Å². The smallest absolute Gasteiger partial charge is 0.416 e. The van der Waals surface area contributed by atoms with Crippen LogP contribution in [-0.4, -0.2) is 14.7 Å². The first-order chi connectivity index (χ1) is 12.3. The summed E-state index contributed by atoms with van der Waals surface area (Å²) in [4.78, 5) is 15.8. The molecule has 0 spiro atoms. The monoisotopic (exact) mass is 362 g/mol. The molecule has 0 aliphatic carbocycles. The van der Waals surface area contributed by atoms with Gasteiger partial charge in [-0.2, -0.15) is 13.2 Å². The number of hydrogen-bond donors (Lipinski definition) is 1. The first-order valence-corrected chi connectivity index (χ1v) is 7.46. The van der Waals surface area contributed by atoms with Crippen molar-refractivity contribution in [2.45, 2.75) is 6.18 Å². The summed E-state index contributed by atoms with van der Waals surface area (Å²) >= 11 is 0. The third-order valence-electron chi connectivity index (χ3n) is 3.64. The van der Waals surface area contributed by atoms with Crippen LogP contribution >= 0.6 is 0 Å². The maximum Gasteiger partial charge on any atom is 0.416 e. The normalized spacial score (nSPS) is 11.4. The Morgan fingerprint density at radius 3 is 2.42 bits per heavy atom. The van der Waals surface area contributed by atoms with Gasteiger partial charge in [0.05, 0.1) is 11.8 Å². The van der Waals surface area contributed by atoms with Crippen molar-refractivity contribution in [2.75, 3.05) is 0 Å². The van der Waals surface area contributed by atoms with E-state index in [1.807, 2.05) is 0 Å². The lowest BCUT2D eigenvalue weighted by Gasteiger charge is -2.11. The average Bonchev–Trinajstić information content (AvgIpc) is 2.59. The second-order valence-corrected chi connectivity index (χ2v) is 5.49. The first-order valence-electron chi connectivity index (χ1n) is 7.46. The molecule has 1 N–H and O–H groups in total. The number of halogens is 3. The van der Waals surface area contributed by atoms with Crippen LogP contribution in [0, 0.1) is 0 Å². The minimum absolute atomic E-state index is 0.0320. The van der Waals surface area contributed by atoms with Gasteiger partial charge < -0.3 is 9.84 Å². The summed E-state index contributed by atoms with van der Waals surface area (Å²) in [6.45, 7) is 0. The topological polar surface area (TPSA) is 64.3 Å². The van der Waals surface area contributed by atoms with Crippen LogP contribution in [0.3, 0.4) is 0 Å². The van der Waals surface area contributed by atoms with Crippen LogP contribution in [0.1, 0.15) is 5.56 Å². The summed E-state index contributed by atoms with van der Waals surface area (Å²) in [6, 6.07) is 10.9. The van der Waals surface area contributed by atoms with Gasteiger partial charge in [-0.15, -0.1) is 0 Å². The van der Waals surface area contributed by atoms with Gasteiger partial charge >= 0.3 is 6.18 Å². The second kappa shape index (κ2) is 6.55. The molecular formula is C18H13F3N2O3. The minimum Gasteiger partial charge on any atom is -0.502 e. The van der Waals surface area contributed by atoms with Gasteiger partial charge in [0.1, 0.15) is 17.3 Å². The van der Waals surface area contributed by atoms with Crippen LogP contribution in [0.2, 0.25) is 0 Å². The van der Waals surface area contributed by atoms with Gasteiger partial charge in [0, 0.05) is 12.6 Å². The van der Waals surface area contributed by atoms with Gasteiger partial charge in [-0.05, 0) is 30.3 Å². The van der Waals surface area contributed by atoms with Crippen LogP contribution in [0.4, 0.5) is 13.2 Å². The molecule has 0 aliphatic heterocycles. The number of hydrogen-bond acceptors (Lipinski definition) is 4. The van der Waals surface area contributed by atoms with Gasteiger partial charge in [-0.25, -0.2) is 4.98 Å². The maximum atomic E-state index is 12.8. The molecule has 134 valence electrons. The summed E-state index contributed by atoms with van der Waals surface area (Å²) in [7, 11) is 1.45. The molecule has 1 heterocycles. The quantitative estimate of drug-likeness (QED) is 0.766. The number of ether oxygens (including phenoxy) is 1. The van der Waals surface area contributed by atoms with Crippen molar-refractivity contribution in [3.8, 4) is 28.6 Å². The highest BCUT2D eigenvalue weighted by molar-refractivity contribution is 5.58. The van der Waals surface area contributed by atoms with Crippen molar-refractivity contribution in [1.29, 1.82) is 0 Å². The summed E-state index contributed by atoms with van der Waals surface area (Å²) < 4.78 is 45.0. The Morgan fingerprint density at radius 2 is 1.73 bits per heavy atom. The van der Waals surface area contributed by atoms with E-state index in [1.165, 1.54) is 23.7 Å². The molecule has 0 unspecified atom stereocenters. The van der Waals surface area contributed by atoms with E-state index in [4.69, 9.17) is 4.74 Å². The van der Waals surface area contributed by atoms with E-state index in [0.29, 0.717) is 5.56 Å². The average molecular weight is 362 g/mol. The van der Waals surface area contributed by atoms with Crippen LogP contribution in [0.15, 0.2) is 59.5 Å². The Hall–Kier alpha value is -3.29. The van der Waals surface area contributed by atoms with Crippen LogP contribution in [-0.2, 0) is 13.2 Å². The molecule has 0 saturated heterocycles. The number of aromatic hydroxyl groups is 1. The minimum atomic E-state index is -4.46. The van der Waals surface area contributed by atoms with E-state index in [1.54, 1.807) is 24.3 Å². The zero-order valence-electron chi connectivity index (χ0n) is 13.5. The maximum absolute atomic E-state index is 12.8. The van der Waals surface area contributed by atoms with Crippen molar-refractivity contribution < 1.29 is 23.0 Å². The Balaban J connectivity index is 1.94. The highest BCUT2D eigenvalue weighted by Crippen LogP contribution is 2.33. The van der Waals surface area contributed by atoms with E-state index in [2.05, 4.69) is 4.98 Å². The van der Waals surface area contributed by atoms with E-state index in [0.717, 1.165) is 18.3 Å². The standard InChI is InChI=1S/C18H13F3N2O3/c1-23-16(22-10-15(24)17(23)25)11-4-2-6-13(8-11)26-14-7-3-5-12(9-14)18(19,20)21/h2-10,24H,1H3. The highest BCUT2D eigenvalue weighted by Gasteiger charge is 2.30. The van der Waals surface area contributed by atoms with Gasteiger partial charge in [0.25, 0.3) is 5.56 Å². The number of rotatable bonds is 3. The lowest BCUT2D eigenvalue weighted by Crippen LogP contribution is -2.18. The molecule has 5 nitrogen and oxygen atoms in total. The predicted octanol–water partition coefficient (Wildman–Crippen LogP) is 3.96. The largest absolute Gasteiger partial charge is 0.502 e. The molecule has 2 aromatic carbocycles. The zero-order chi connectivity index (χ0) is 18.9. The fraction of sp³-hybridized carbons (Fsp3) is 0.111. The molecule has 0 saturated carbocycles. The Bertz CT molecular complexity index is 1010. The number of benzene rings is 2. The highest BCUT2D eigenvalue weighted by atomic mass is 19.4. The van der Waals surface area contributed by atoms with Crippen LogP contribution in [0.5, 0.6) is 17.2 Å². The molecule has 0 atom stereocenters. The molecule has 26 heavy (non-hydrogen) atoms. The van der Waals surface area contributed by atoms with Gasteiger partial charge in [-0.3, -0.25) is 9.36 Å². The van der Waals surface area contributed by atoms with Gasteiger partial charge in [-0.1, -0.05) is 18.2 Å². The lowest BCUT2D eigenvalue weighted by atomic mass is 10.2. The molecule has 0 radical (unpaired) electrons. The summed E-state index contributed by atoms with van der Waals surface area (Å²) in [5.41, 5.74) is -0.915. The molecule has 3 rings (SSSR count). The van der Waals surface area contributed by atoms with Crippen molar-refractivity contribution in [2.24, 2.45) is 7.05 Å². The van der Waals surface area contributed by atoms with E-state index < -0.39 is 23.0 Å². The summed E-state index contributed by atoms with van der Waals surface area (Å²) in [5.74, 6) is 0.114. The molecule has 0 aliphatic rings. The van der Waals surface area contributed by atoms with Crippen molar-refractivity contribution in [1.82, 2.24) is 9.55 Å². The fourth-order valence-corrected chi connectivity index (χ4v) is 2.37. The van der Waals surface area contributed by atoms with E-state index in [9.17, 15) is 23.1 Å². The zero-order valence-corrected chi connectivity index (χ0v) is 13.5. The van der Waals surface area contributed by atoms with Crippen molar-refractivity contribution in [3.63, 3.8) is 0 Å². The number of alkyl halides is 3. The Kier molecular flexibility index (Phi) is 4.41. The Morgan fingerprint density at radius 1 is 1.08 bits per heavy atom. The molecule has 0 fully saturated rings. The Labute approximate surface area is 145 Å². The number of nitrogens with zero attached hydrogens (tertiary/aromatic N) is 2. The summed E-state index contributed by atoms with van der Waals surface area (Å²) in [6.07, 6.45) is -3.42. The fourth-order valence-electron chi connectivity index (χ4n) is 2.37. The molecular weight excluding hydrogens is 349 g/mol. The van der Waals surface area contributed by atoms with Crippen molar-refractivity contribution in [3.05, 3.63) is 70.6 Å². The molecule has 1 aromatic heterocycles. The first kappa shape index (κ1) is 17.5. The molecule has 8 heteroatoms. The van der Waals surface area contributed by atoms with E-state index in [-0.39, 0.29) is 17.3 Å². The van der Waals surface area contributed by atoms with Crippen molar-refractivity contribution >= 4 is 0 Å². The third-order valence-corrected chi connectivity index (χ3v) is 3.64. The molecule has 3 aromatic rings. The van der Waals surface area contributed by atoms with Crippen LogP contribution in [0.25, 0.3) is 11.4 Å². The predicted molar refractivity (Wildman–Crippen MR) is 88.1 cm³/mol.